The van der Waals surface area contributed by atoms with Crippen molar-refractivity contribution in [3.8, 4) is 11.5 Å². The predicted octanol–water partition coefficient (Wildman–Crippen LogP) is 3.09. The van der Waals surface area contributed by atoms with Gasteiger partial charge in [0.1, 0.15) is 23.9 Å². The van der Waals surface area contributed by atoms with Gasteiger partial charge in [0, 0.05) is 11.8 Å². The van der Waals surface area contributed by atoms with Gasteiger partial charge in [-0.25, -0.2) is 4.39 Å². The summed E-state index contributed by atoms with van der Waals surface area (Å²) >= 11 is 0. The number of hydrogen-bond donors (Lipinski definition) is 1. The Morgan fingerprint density at radius 3 is 2.56 bits per heavy atom. The van der Waals surface area contributed by atoms with E-state index in [1.54, 1.807) is 0 Å². The minimum absolute atomic E-state index is 0.121. The van der Waals surface area contributed by atoms with Gasteiger partial charge in [0.2, 0.25) is 5.91 Å². The van der Waals surface area contributed by atoms with E-state index in [0.29, 0.717) is 0 Å². The first-order valence-corrected chi connectivity index (χ1v) is 7.60. The summed E-state index contributed by atoms with van der Waals surface area (Å²) in [4.78, 5) is 25.3. The first-order chi connectivity index (χ1) is 12.7. The van der Waals surface area contributed by atoms with Crippen LogP contribution in [0.3, 0.4) is 0 Å². The zero-order chi connectivity index (χ0) is 19.6. The largest absolute Gasteiger partial charge is 0.573 e. The van der Waals surface area contributed by atoms with Crippen molar-refractivity contribution >= 4 is 23.2 Å². The number of benzene rings is 2. The van der Waals surface area contributed by atoms with Gasteiger partial charge in [-0.2, -0.15) is 0 Å². The van der Waals surface area contributed by atoms with E-state index in [1.807, 2.05) is 0 Å². The van der Waals surface area contributed by atoms with Crippen LogP contribution >= 0.6 is 0 Å². The third-order valence-corrected chi connectivity index (χ3v) is 3.54. The van der Waals surface area contributed by atoms with Crippen LogP contribution in [-0.4, -0.2) is 31.3 Å². The highest BCUT2D eigenvalue weighted by atomic mass is 19.4. The molecule has 1 heterocycles. The summed E-state index contributed by atoms with van der Waals surface area (Å²) in [6.45, 7) is -0.713. The molecule has 0 saturated carbocycles. The highest BCUT2D eigenvalue weighted by Crippen LogP contribution is 2.32. The van der Waals surface area contributed by atoms with Crippen LogP contribution in [0, 0.1) is 5.82 Å². The van der Waals surface area contributed by atoms with Crippen molar-refractivity contribution in [3.63, 3.8) is 0 Å². The average molecular weight is 384 g/mol. The molecule has 1 aliphatic heterocycles. The number of rotatable bonds is 4. The minimum Gasteiger partial charge on any atom is -0.482 e. The number of carbonyl (C=O) groups is 2. The quantitative estimate of drug-likeness (QED) is 0.823. The molecule has 2 aromatic rings. The first-order valence-electron chi connectivity index (χ1n) is 7.60. The van der Waals surface area contributed by atoms with E-state index in [1.165, 1.54) is 18.2 Å². The van der Waals surface area contributed by atoms with Crippen molar-refractivity contribution in [2.24, 2.45) is 0 Å². The fraction of sp³-hybridized carbons (Fsp3) is 0.176. The van der Waals surface area contributed by atoms with Crippen molar-refractivity contribution < 1.29 is 36.6 Å². The van der Waals surface area contributed by atoms with Crippen LogP contribution in [0.1, 0.15) is 0 Å². The number of alkyl halides is 3. The maximum Gasteiger partial charge on any atom is 0.573 e. The summed E-state index contributed by atoms with van der Waals surface area (Å²) in [5.74, 6) is -1.93. The summed E-state index contributed by atoms with van der Waals surface area (Å²) in [6.07, 6.45) is -4.82. The number of ether oxygens (including phenoxy) is 2. The third kappa shape index (κ3) is 4.66. The monoisotopic (exact) mass is 384 g/mol. The normalized spacial score (nSPS) is 13.6. The molecule has 0 aromatic heterocycles. The summed E-state index contributed by atoms with van der Waals surface area (Å²) in [6, 6.07) is 8.09. The van der Waals surface area contributed by atoms with Gasteiger partial charge in [0.25, 0.3) is 5.91 Å². The SMILES string of the molecule is O=C(CN1C(=O)COc2ccc(F)cc21)Nc1ccc(OC(F)(F)F)cc1. The summed E-state index contributed by atoms with van der Waals surface area (Å²) < 4.78 is 58.8. The third-order valence-electron chi connectivity index (χ3n) is 3.54. The van der Waals surface area contributed by atoms with E-state index in [9.17, 15) is 27.2 Å². The predicted molar refractivity (Wildman–Crippen MR) is 86.0 cm³/mol. The molecule has 1 aliphatic rings. The second kappa shape index (κ2) is 7.14. The molecule has 27 heavy (non-hydrogen) atoms. The molecule has 3 rings (SSSR count). The maximum absolute atomic E-state index is 13.4. The highest BCUT2D eigenvalue weighted by molar-refractivity contribution is 6.04. The number of fused-ring (bicyclic) bond motifs is 1. The lowest BCUT2D eigenvalue weighted by atomic mass is 10.2. The van der Waals surface area contributed by atoms with Gasteiger partial charge < -0.3 is 14.8 Å². The lowest BCUT2D eigenvalue weighted by Crippen LogP contribution is -2.43. The van der Waals surface area contributed by atoms with Crippen LogP contribution in [0.4, 0.5) is 28.9 Å². The van der Waals surface area contributed by atoms with Gasteiger partial charge in [-0.1, -0.05) is 0 Å². The molecule has 0 aliphatic carbocycles. The standard InChI is InChI=1S/C17H12F4N2O4/c18-10-1-6-14-13(7-10)23(16(25)9-26-14)8-15(24)22-11-2-4-12(5-3-11)27-17(19,20)21/h1-7H,8-9H2,(H,22,24). The Hall–Kier alpha value is -3.30. The number of halogens is 4. The Morgan fingerprint density at radius 1 is 1.19 bits per heavy atom. The van der Waals surface area contributed by atoms with Gasteiger partial charge in [-0.15, -0.1) is 13.2 Å². The average Bonchev–Trinajstić information content (AvgIpc) is 2.58. The van der Waals surface area contributed by atoms with Crippen molar-refractivity contribution in [2.45, 2.75) is 6.36 Å². The first kappa shape index (κ1) is 18.5. The highest BCUT2D eigenvalue weighted by Gasteiger charge is 2.31. The van der Waals surface area contributed by atoms with E-state index in [2.05, 4.69) is 10.1 Å². The summed E-state index contributed by atoms with van der Waals surface area (Å²) in [5.41, 5.74) is 0.324. The molecule has 0 fully saturated rings. The van der Waals surface area contributed by atoms with E-state index >= 15 is 0 Å². The number of hydrogen-bond acceptors (Lipinski definition) is 4. The molecule has 0 atom stereocenters. The number of amides is 2. The Balaban J connectivity index is 1.68. The molecule has 0 bridgehead atoms. The molecule has 2 amide bonds. The summed E-state index contributed by atoms with van der Waals surface area (Å²) in [7, 11) is 0. The van der Waals surface area contributed by atoms with E-state index in [0.717, 1.165) is 29.2 Å². The Kier molecular flexibility index (Phi) is 4.89. The van der Waals surface area contributed by atoms with Gasteiger partial charge in [0.05, 0.1) is 5.69 Å². The van der Waals surface area contributed by atoms with E-state index in [-0.39, 0.29) is 23.7 Å². The second-order valence-corrected chi connectivity index (χ2v) is 5.50. The summed E-state index contributed by atoms with van der Waals surface area (Å²) in [5, 5.41) is 2.44. The van der Waals surface area contributed by atoms with Crippen molar-refractivity contribution in [1.29, 1.82) is 0 Å². The minimum atomic E-state index is -4.82. The molecule has 0 radical (unpaired) electrons. The topological polar surface area (TPSA) is 67.9 Å². The van der Waals surface area contributed by atoms with E-state index < -0.39 is 36.3 Å². The van der Waals surface area contributed by atoms with Crippen LogP contribution in [-0.2, 0) is 9.59 Å². The fourth-order valence-electron chi connectivity index (χ4n) is 2.43. The van der Waals surface area contributed by atoms with Gasteiger partial charge in [-0.05, 0) is 36.4 Å². The zero-order valence-electron chi connectivity index (χ0n) is 13.5. The van der Waals surface area contributed by atoms with Crippen LogP contribution in [0.25, 0.3) is 0 Å². The molecule has 0 saturated heterocycles. The van der Waals surface area contributed by atoms with Crippen molar-refractivity contribution in [3.05, 3.63) is 48.3 Å². The van der Waals surface area contributed by atoms with Crippen molar-refractivity contribution in [2.75, 3.05) is 23.4 Å². The lowest BCUT2D eigenvalue weighted by Gasteiger charge is -2.28. The smallest absolute Gasteiger partial charge is 0.482 e. The molecule has 10 heteroatoms. The number of anilines is 2. The number of nitrogens with zero attached hydrogens (tertiary/aromatic N) is 1. The molecule has 142 valence electrons. The van der Waals surface area contributed by atoms with Crippen LogP contribution < -0.4 is 19.7 Å². The van der Waals surface area contributed by atoms with Gasteiger partial charge in [-0.3, -0.25) is 14.5 Å². The second-order valence-electron chi connectivity index (χ2n) is 5.50. The molecule has 6 nitrogen and oxygen atoms in total. The van der Waals surface area contributed by atoms with Gasteiger partial charge >= 0.3 is 6.36 Å². The van der Waals surface area contributed by atoms with Crippen molar-refractivity contribution in [1.82, 2.24) is 0 Å². The number of carbonyl (C=O) groups excluding carboxylic acids is 2. The van der Waals surface area contributed by atoms with Crippen LogP contribution in [0.2, 0.25) is 0 Å². The molecule has 0 unspecified atom stereocenters. The Bertz CT molecular complexity index is 868. The number of nitrogens with one attached hydrogen (secondary N) is 1. The van der Waals surface area contributed by atoms with Crippen LogP contribution in [0.5, 0.6) is 11.5 Å². The molecule has 1 N–H and O–H groups in total. The van der Waals surface area contributed by atoms with Gasteiger partial charge in [0.15, 0.2) is 6.61 Å². The lowest BCUT2D eigenvalue weighted by molar-refractivity contribution is -0.274. The molecular formula is C17H12F4N2O4. The maximum atomic E-state index is 13.4. The zero-order valence-corrected chi connectivity index (χ0v) is 13.5. The van der Waals surface area contributed by atoms with Crippen LogP contribution in [0.15, 0.2) is 42.5 Å². The van der Waals surface area contributed by atoms with E-state index in [4.69, 9.17) is 4.74 Å². The Morgan fingerprint density at radius 2 is 1.89 bits per heavy atom. The Labute approximate surface area is 150 Å². The molecule has 0 spiro atoms. The molecular weight excluding hydrogens is 372 g/mol. The fourth-order valence-corrected chi connectivity index (χ4v) is 2.43. The molecule has 2 aromatic carbocycles.